The van der Waals surface area contributed by atoms with Crippen molar-refractivity contribution in [1.82, 2.24) is 0 Å². The number of rotatable bonds is 0. The van der Waals surface area contributed by atoms with E-state index in [1.165, 1.54) is 0 Å². The molecule has 7 heavy (non-hydrogen) atoms. The Labute approximate surface area is 48.3 Å². The van der Waals surface area contributed by atoms with E-state index in [0.717, 1.165) is 0 Å². The Hall–Kier alpha value is -0.190. The van der Waals surface area contributed by atoms with Gasteiger partial charge in [0.2, 0.25) is 0 Å². The van der Waals surface area contributed by atoms with Crippen LogP contribution in [0.1, 0.15) is 6.92 Å². The molecule has 0 aliphatic carbocycles. The standard InChI is InChI=1S/C5H7ClO/c1-5(7)3-2-4-6/h5,7H,4H2,1H3/t5-/m1/s1. The zero-order valence-corrected chi connectivity index (χ0v) is 4.87. The summed E-state index contributed by atoms with van der Waals surface area (Å²) in [5.41, 5.74) is 0. The first kappa shape index (κ1) is 6.81. The summed E-state index contributed by atoms with van der Waals surface area (Å²) in [4.78, 5) is 0. The fourth-order valence-electron chi connectivity index (χ4n) is 0.186. The van der Waals surface area contributed by atoms with Crippen LogP contribution in [0, 0.1) is 11.8 Å². The molecule has 1 atom stereocenters. The monoisotopic (exact) mass is 118 g/mol. The van der Waals surface area contributed by atoms with E-state index in [0.29, 0.717) is 5.88 Å². The van der Waals surface area contributed by atoms with Gasteiger partial charge in [0.15, 0.2) is 0 Å². The molecule has 0 bridgehead atoms. The quantitative estimate of drug-likeness (QED) is 0.365. The van der Waals surface area contributed by atoms with Crippen LogP contribution in [-0.4, -0.2) is 17.1 Å². The van der Waals surface area contributed by atoms with Crippen molar-refractivity contribution < 1.29 is 5.11 Å². The van der Waals surface area contributed by atoms with Crippen molar-refractivity contribution in [2.24, 2.45) is 0 Å². The van der Waals surface area contributed by atoms with Crippen molar-refractivity contribution in [3.8, 4) is 11.8 Å². The number of alkyl halides is 1. The number of aliphatic hydroxyl groups excluding tert-OH is 1. The van der Waals surface area contributed by atoms with Crippen LogP contribution in [0.3, 0.4) is 0 Å². The molecule has 0 fully saturated rings. The molecule has 0 amide bonds. The van der Waals surface area contributed by atoms with Gasteiger partial charge in [0.25, 0.3) is 0 Å². The lowest BCUT2D eigenvalue weighted by Gasteiger charge is -1.83. The predicted octanol–water partition coefficient (Wildman–Crippen LogP) is 0.609. The third-order valence-electron chi connectivity index (χ3n) is 0.378. The van der Waals surface area contributed by atoms with Crippen LogP contribution in [-0.2, 0) is 0 Å². The largest absolute Gasteiger partial charge is 0.381 e. The molecule has 2 heteroatoms. The average Bonchev–Trinajstić information content (AvgIpc) is 1.61. The Bertz CT molecular complexity index is 88.0. The van der Waals surface area contributed by atoms with Gasteiger partial charge < -0.3 is 5.11 Å². The molecule has 0 aliphatic heterocycles. The maximum absolute atomic E-state index is 8.45. The van der Waals surface area contributed by atoms with Crippen LogP contribution in [0.15, 0.2) is 0 Å². The maximum Gasteiger partial charge on any atom is 0.112 e. The minimum absolute atomic E-state index is 0.297. The summed E-state index contributed by atoms with van der Waals surface area (Å²) in [7, 11) is 0. The summed E-state index contributed by atoms with van der Waals surface area (Å²) < 4.78 is 0. The molecular weight excluding hydrogens is 112 g/mol. The van der Waals surface area contributed by atoms with Gasteiger partial charge in [-0.3, -0.25) is 0 Å². The van der Waals surface area contributed by atoms with Gasteiger partial charge in [0.1, 0.15) is 6.10 Å². The fraction of sp³-hybridized carbons (Fsp3) is 0.600. The summed E-state index contributed by atoms with van der Waals surface area (Å²) >= 11 is 5.16. The zero-order valence-electron chi connectivity index (χ0n) is 4.11. The lowest BCUT2D eigenvalue weighted by molar-refractivity contribution is 0.253. The molecule has 0 radical (unpaired) electrons. The van der Waals surface area contributed by atoms with Crippen molar-refractivity contribution in [2.45, 2.75) is 13.0 Å². The number of hydrogen-bond donors (Lipinski definition) is 1. The Morgan fingerprint density at radius 3 is 2.57 bits per heavy atom. The molecule has 0 aromatic carbocycles. The van der Waals surface area contributed by atoms with Gasteiger partial charge in [0, 0.05) is 0 Å². The maximum atomic E-state index is 8.45. The first-order valence-electron chi connectivity index (χ1n) is 2.00. The first-order valence-corrected chi connectivity index (χ1v) is 2.53. The van der Waals surface area contributed by atoms with Gasteiger partial charge in [-0.15, -0.1) is 11.6 Å². The van der Waals surface area contributed by atoms with Crippen LogP contribution in [0.4, 0.5) is 0 Å². The lowest BCUT2D eigenvalue weighted by atomic mass is 10.4. The fourth-order valence-corrected chi connectivity index (χ4v) is 0.263. The summed E-state index contributed by atoms with van der Waals surface area (Å²) in [6, 6.07) is 0. The van der Waals surface area contributed by atoms with Crippen LogP contribution in [0.5, 0.6) is 0 Å². The summed E-state index contributed by atoms with van der Waals surface area (Å²) in [5, 5.41) is 8.45. The van der Waals surface area contributed by atoms with E-state index < -0.39 is 6.10 Å². The molecule has 0 aromatic heterocycles. The zero-order chi connectivity index (χ0) is 5.70. The van der Waals surface area contributed by atoms with E-state index in [1.54, 1.807) is 6.92 Å². The van der Waals surface area contributed by atoms with Crippen molar-refractivity contribution in [3.05, 3.63) is 0 Å². The highest BCUT2D eigenvalue weighted by Crippen LogP contribution is 1.73. The number of aliphatic hydroxyl groups is 1. The van der Waals surface area contributed by atoms with Crippen LogP contribution >= 0.6 is 11.6 Å². The Balaban J connectivity index is 3.24. The number of halogens is 1. The highest BCUT2D eigenvalue weighted by molar-refractivity contribution is 6.19. The van der Waals surface area contributed by atoms with Crippen molar-refractivity contribution >= 4 is 11.6 Å². The molecule has 0 saturated heterocycles. The van der Waals surface area contributed by atoms with Crippen molar-refractivity contribution in [1.29, 1.82) is 0 Å². The van der Waals surface area contributed by atoms with Crippen molar-refractivity contribution in [2.75, 3.05) is 5.88 Å². The molecule has 1 nitrogen and oxygen atoms in total. The first-order chi connectivity index (χ1) is 3.27. The molecule has 0 saturated carbocycles. The summed E-state index contributed by atoms with van der Waals surface area (Å²) in [6.45, 7) is 1.60. The summed E-state index contributed by atoms with van der Waals surface area (Å²) in [5.74, 6) is 5.28. The van der Waals surface area contributed by atoms with Gasteiger partial charge in [-0.05, 0) is 6.92 Å². The minimum Gasteiger partial charge on any atom is -0.381 e. The molecule has 0 heterocycles. The van der Waals surface area contributed by atoms with E-state index in [4.69, 9.17) is 16.7 Å². The molecular formula is C5H7ClO. The van der Waals surface area contributed by atoms with Gasteiger partial charge in [-0.1, -0.05) is 11.8 Å². The Morgan fingerprint density at radius 1 is 1.86 bits per heavy atom. The third-order valence-corrected chi connectivity index (χ3v) is 0.511. The van der Waals surface area contributed by atoms with E-state index >= 15 is 0 Å². The van der Waals surface area contributed by atoms with E-state index in [9.17, 15) is 0 Å². The second kappa shape index (κ2) is 3.98. The van der Waals surface area contributed by atoms with E-state index in [2.05, 4.69) is 11.8 Å². The van der Waals surface area contributed by atoms with Crippen LogP contribution in [0.25, 0.3) is 0 Å². The second-order valence-corrected chi connectivity index (χ2v) is 1.40. The normalized spacial score (nSPS) is 11.9. The molecule has 0 aromatic rings. The van der Waals surface area contributed by atoms with Crippen LogP contribution < -0.4 is 0 Å². The highest BCUT2D eigenvalue weighted by Gasteiger charge is 1.79. The molecule has 0 rings (SSSR count). The topological polar surface area (TPSA) is 20.2 Å². The lowest BCUT2D eigenvalue weighted by Crippen LogP contribution is -1.92. The molecule has 0 aliphatic rings. The van der Waals surface area contributed by atoms with E-state index in [-0.39, 0.29) is 0 Å². The predicted molar refractivity (Wildman–Crippen MR) is 30.2 cm³/mol. The SMILES string of the molecule is C[C@@H](O)C#CCCl. The Morgan fingerprint density at radius 2 is 2.43 bits per heavy atom. The van der Waals surface area contributed by atoms with Gasteiger partial charge in [-0.2, -0.15) is 0 Å². The van der Waals surface area contributed by atoms with Crippen molar-refractivity contribution in [3.63, 3.8) is 0 Å². The molecule has 0 spiro atoms. The average molecular weight is 119 g/mol. The third kappa shape index (κ3) is 5.81. The molecule has 0 unspecified atom stereocenters. The van der Waals surface area contributed by atoms with Gasteiger partial charge in [-0.25, -0.2) is 0 Å². The number of hydrogen-bond acceptors (Lipinski definition) is 1. The van der Waals surface area contributed by atoms with Gasteiger partial charge in [0.05, 0.1) is 5.88 Å². The molecule has 1 N–H and O–H groups in total. The molecule has 40 valence electrons. The smallest absolute Gasteiger partial charge is 0.112 e. The minimum atomic E-state index is -0.543. The Kier molecular flexibility index (Phi) is 3.87. The summed E-state index contributed by atoms with van der Waals surface area (Å²) in [6.07, 6.45) is -0.543. The van der Waals surface area contributed by atoms with Gasteiger partial charge >= 0.3 is 0 Å². The van der Waals surface area contributed by atoms with E-state index in [1.807, 2.05) is 0 Å². The highest BCUT2D eigenvalue weighted by atomic mass is 35.5. The van der Waals surface area contributed by atoms with Crippen LogP contribution in [0.2, 0.25) is 0 Å². The second-order valence-electron chi connectivity index (χ2n) is 1.13.